The van der Waals surface area contributed by atoms with Crippen molar-refractivity contribution < 1.29 is 0 Å². The van der Waals surface area contributed by atoms with Crippen LogP contribution >= 0.6 is 0 Å². The molecular formula is C14H24N4. The molecule has 1 rings (SSSR count). The second kappa shape index (κ2) is 7.75. The van der Waals surface area contributed by atoms with Gasteiger partial charge < -0.3 is 5.73 Å². The fourth-order valence-electron chi connectivity index (χ4n) is 1.58. The molecule has 0 heterocycles. The lowest BCUT2D eigenvalue weighted by Crippen LogP contribution is -2.38. The van der Waals surface area contributed by atoms with Crippen LogP contribution in [0.25, 0.3) is 10.4 Å². The Labute approximate surface area is 110 Å². The van der Waals surface area contributed by atoms with Crippen molar-refractivity contribution in [2.45, 2.75) is 46.7 Å². The van der Waals surface area contributed by atoms with Crippen LogP contribution in [0.3, 0.4) is 0 Å². The number of hydrogen-bond acceptors (Lipinski definition) is 2. The van der Waals surface area contributed by atoms with Crippen molar-refractivity contribution in [3.05, 3.63) is 46.3 Å². The van der Waals surface area contributed by atoms with Gasteiger partial charge in [-0.15, -0.1) is 0 Å². The van der Waals surface area contributed by atoms with E-state index in [1.807, 2.05) is 65.0 Å². The van der Waals surface area contributed by atoms with Crippen LogP contribution in [0.2, 0.25) is 0 Å². The third kappa shape index (κ3) is 4.06. The van der Waals surface area contributed by atoms with Crippen LogP contribution in [-0.2, 0) is 0 Å². The Kier molecular flexibility index (Phi) is 7.10. The molecule has 0 aliphatic heterocycles. The molecule has 0 aliphatic carbocycles. The highest BCUT2D eigenvalue weighted by Crippen LogP contribution is 2.38. The molecule has 0 saturated heterocycles. The van der Waals surface area contributed by atoms with Gasteiger partial charge in [0.05, 0.1) is 6.04 Å². The summed E-state index contributed by atoms with van der Waals surface area (Å²) in [7, 11) is 0. The molecule has 18 heavy (non-hydrogen) atoms. The molecule has 0 radical (unpaired) electrons. The molecule has 1 aromatic rings. The van der Waals surface area contributed by atoms with Gasteiger partial charge in [-0.05, 0) is 23.4 Å². The highest BCUT2D eigenvalue weighted by molar-refractivity contribution is 5.21. The van der Waals surface area contributed by atoms with E-state index in [0.29, 0.717) is 0 Å². The van der Waals surface area contributed by atoms with E-state index >= 15 is 0 Å². The maximum Gasteiger partial charge on any atom is 0.0690 e. The number of azide groups is 1. The van der Waals surface area contributed by atoms with Crippen LogP contribution in [0.4, 0.5) is 0 Å². The maximum atomic E-state index is 8.66. The topological polar surface area (TPSA) is 74.8 Å². The Morgan fingerprint density at radius 1 is 1.22 bits per heavy atom. The summed E-state index contributed by atoms with van der Waals surface area (Å²) >= 11 is 0. The van der Waals surface area contributed by atoms with E-state index in [4.69, 9.17) is 11.3 Å². The van der Waals surface area contributed by atoms with Gasteiger partial charge in [0.25, 0.3) is 0 Å². The van der Waals surface area contributed by atoms with Gasteiger partial charge in [-0.1, -0.05) is 63.1 Å². The van der Waals surface area contributed by atoms with Crippen molar-refractivity contribution in [3.63, 3.8) is 0 Å². The molecule has 0 fully saturated rings. The Bertz CT molecular complexity index is 378. The second-order valence-electron chi connectivity index (χ2n) is 4.63. The standard InChI is InChI=1S/C12H18N4.C2H6/c1-9(13)12(2,3)11(15-16-14)10-7-5-4-6-8-10;1-2/h4-9,11H,13H2,1-3H3;1-2H3. The first kappa shape index (κ1) is 16.5. The van der Waals surface area contributed by atoms with Crippen LogP contribution in [0.15, 0.2) is 35.4 Å². The highest BCUT2D eigenvalue weighted by Gasteiger charge is 2.33. The van der Waals surface area contributed by atoms with E-state index in [0.717, 1.165) is 5.56 Å². The molecule has 2 atom stereocenters. The first-order valence-corrected chi connectivity index (χ1v) is 6.35. The average molecular weight is 248 g/mol. The molecule has 2 unspecified atom stereocenters. The summed E-state index contributed by atoms with van der Waals surface area (Å²) in [6, 6.07) is 9.45. The summed E-state index contributed by atoms with van der Waals surface area (Å²) in [6.07, 6.45) is 0. The number of hydrogen-bond donors (Lipinski definition) is 1. The first-order chi connectivity index (χ1) is 8.50. The normalized spacial score (nSPS) is 13.7. The summed E-state index contributed by atoms with van der Waals surface area (Å²) < 4.78 is 0. The van der Waals surface area contributed by atoms with E-state index in [1.165, 1.54) is 0 Å². The van der Waals surface area contributed by atoms with Gasteiger partial charge in [0.2, 0.25) is 0 Å². The Hall–Kier alpha value is -1.51. The fraction of sp³-hybridized carbons (Fsp3) is 0.571. The predicted octanol–water partition coefficient (Wildman–Crippen LogP) is 4.44. The van der Waals surface area contributed by atoms with Crippen LogP contribution in [0.5, 0.6) is 0 Å². The second-order valence-corrected chi connectivity index (χ2v) is 4.63. The monoisotopic (exact) mass is 248 g/mol. The third-order valence-corrected chi connectivity index (χ3v) is 3.16. The van der Waals surface area contributed by atoms with Crippen LogP contribution in [-0.4, -0.2) is 6.04 Å². The van der Waals surface area contributed by atoms with Crippen molar-refractivity contribution in [3.8, 4) is 0 Å². The fourth-order valence-corrected chi connectivity index (χ4v) is 1.58. The van der Waals surface area contributed by atoms with Gasteiger partial charge >= 0.3 is 0 Å². The number of benzene rings is 1. The predicted molar refractivity (Wildman–Crippen MR) is 77.1 cm³/mol. The van der Waals surface area contributed by atoms with Gasteiger partial charge in [0.1, 0.15) is 0 Å². The van der Waals surface area contributed by atoms with Gasteiger partial charge in [-0.2, -0.15) is 0 Å². The van der Waals surface area contributed by atoms with Crippen LogP contribution in [0, 0.1) is 5.41 Å². The van der Waals surface area contributed by atoms with Crippen molar-refractivity contribution in [2.24, 2.45) is 16.3 Å². The zero-order valence-corrected chi connectivity index (χ0v) is 12.0. The lowest BCUT2D eigenvalue weighted by Gasteiger charge is -2.35. The summed E-state index contributed by atoms with van der Waals surface area (Å²) in [6.45, 7) is 9.97. The molecule has 4 nitrogen and oxygen atoms in total. The molecule has 0 saturated carbocycles. The van der Waals surface area contributed by atoms with Crippen LogP contribution in [0.1, 0.15) is 46.2 Å². The highest BCUT2D eigenvalue weighted by atomic mass is 15.2. The molecule has 2 N–H and O–H groups in total. The number of nitrogens with zero attached hydrogens (tertiary/aromatic N) is 3. The lowest BCUT2D eigenvalue weighted by molar-refractivity contribution is 0.239. The van der Waals surface area contributed by atoms with Gasteiger partial charge in [0.15, 0.2) is 0 Å². The van der Waals surface area contributed by atoms with Gasteiger partial charge in [-0.25, -0.2) is 0 Å². The van der Waals surface area contributed by atoms with E-state index in [1.54, 1.807) is 0 Å². The van der Waals surface area contributed by atoms with Crippen molar-refractivity contribution in [2.75, 3.05) is 0 Å². The van der Waals surface area contributed by atoms with Crippen molar-refractivity contribution >= 4 is 0 Å². The van der Waals surface area contributed by atoms with E-state index in [9.17, 15) is 0 Å². The maximum absolute atomic E-state index is 8.66. The molecule has 0 spiro atoms. The van der Waals surface area contributed by atoms with Crippen molar-refractivity contribution in [1.82, 2.24) is 0 Å². The summed E-state index contributed by atoms with van der Waals surface area (Å²) in [4.78, 5) is 2.93. The minimum atomic E-state index is -0.270. The van der Waals surface area contributed by atoms with Crippen molar-refractivity contribution in [1.29, 1.82) is 0 Å². The van der Waals surface area contributed by atoms with E-state index < -0.39 is 0 Å². The third-order valence-electron chi connectivity index (χ3n) is 3.16. The van der Waals surface area contributed by atoms with Crippen LogP contribution < -0.4 is 5.73 Å². The van der Waals surface area contributed by atoms with E-state index in [2.05, 4.69) is 10.0 Å². The van der Waals surface area contributed by atoms with Gasteiger partial charge in [0, 0.05) is 11.0 Å². The molecule has 0 bridgehead atoms. The number of nitrogens with two attached hydrogens (primary N) is 1. The molecule has 0 aromatic heterocycles. The Balaban J connectivity index is 0.00000137. The lowest BCUT2D eigenvalue weighted by atomic mass is 9.76. The molecule has 0 aliphatic rings. The minimum Gasteiger partial charge on any atom is -0.327 e. The molecular weight excluding hydrogens is 224 g/mol. The minimum absolute atomic E-state index is 0.0526. The zero-order chi connectivity index (χ0) is 14.2. The quantitative estimate of drug-likeness (QED) is 0.477. The van der Waals surface area contributed by atoms with Gasteiger partial charge in [-0.3, -0.25) is 0 Å². The van der Waals surface area contributed by atoms with E-state index in [-0.39, 0.29) is 17.5 Å². The average Bonchev–Trinajstić information content (AvgIpc) is 2.39. The zero-order valence-electron chi connectivity index (χ0n) is 12.0. The summed E-state index contributed by atoms with van der Waals surface area (Å²) in [5.74, 6) is 0. The summed E-state index contributed by atoms with van der Waals surface area (Å²) in [5, 5.41) is 3.89. The first-order valence-electron chi connectivity index (χ1n) is 6.35. The molecule has 100 valence electrons. The Morgan fingerprint density at radius 3 is 2.11 bits per heavy atom. The smallest absolute Gasteiger partial charge is 0.0690 e. The molecule has 4 heteroatoms. The number of rotatable bonds is 4. The Morgan fingerprint density at radius 2 is 1.72 bits per heavy atom. The summed E-state index contributed by atoms with van der Waals surface area (Å²) in [5.41, 5.74) is 15.3. The largest absolute Gasteiger partial charge is 0.327 e. The molecule has 0 amide bonds. The molecule has 1 aromatic carbocycles. The SMILES string of the molecule is CC.CC(N)C(C)(C)C(N=[N+]=[N-])c1ccccc1.